The lowest BCUT2D eigenvalue weighted by Crippen LogP contribution is -2.58. The molecular weight excluding hydrogens is 308 g/mol. The fourth-order valence-electron chi connectivity index (χ4n) is 4.31. The Kier molecular flexibility index (Phi) is 5.38. The van der Waals surface area contributed by atoms with Crippen molar-refractivity contribution in [2.45, 2.75) is 69.4 Å². The summed E-state index contributed by atoms with van der Waals surface area (Å²) in [6.07, 6.45) is 9.76. The van der Waals surface area contributed by atoms with Crippen molar-refractivity contribution in [2.75, 3.05) is 19.6 Å². The van der Waals surface area contributed by atoms with Gasteiger partial charge in [0.25, 0.3) is 5.91 Å². The molecule has 0 bridgehead atoms. The second kappa shape index (κ2) is 7.51. The van der Waals surface area contributed by atoms with E-state index in [1.54, 1.807) is 0 Å². The molecule has 0 radical (unpaired) electrons. The van der Waals surface area contributed by atoms with Crippen LogP contribution in [0, 0.1) is 0 Å². The Morgan fingerprint density at radius 2 is 1.75 bits per heavy atom. The van der Waals surface area contributed by atoms with Crippen LogP contribution in [0.1, 0.15) is 57.8 Å². The van der Waals surface area contributed by atoms with E-state index in [-0.39, 0.29) is 17.9 Å². The van der Waals surface area contributed by atoms with Crippen LogP contribution >= 0.6 is 0 Å². The number of carbonyl (C=O) groups excluding carboxylic acids is 3. The highest BCUT2D eigenvalue weighted by atomic mass is 16.2. The molecule has 1 atom stereocenters. The van der Waals surface area contributed by atoms with E-state index in [0.717, 1.165) is 25.9 Å². The molecule has 0 spiro atoms. The van der Waals surface area contributed by atoms with E-state index in [0.29, 0.717) is 6.54 Å². The van der Waals surface area contributed by atoms with Crippen LogP contribution in [-0.2, 0) is 9.59 Å². The monoisotopic (exact) mass is 336 g/mol. The van der Waals surface area contributed by atoms with E-state index in [1.165, 1.54) is 38.5 Å². The molecule has 134 valence electrons. The van der Waals surface area contributed by atoms with E-state index in [9.17, 15) is 14.4 Å². The number of hydrogen-bond donors (Lipinski definition) is 3. The van der Waals surface area contributed by atoms with Crippen molar-refractivity contribution in [3.8, 4) is 0 Å². The molecule has 0 unspecified atom stereocenters. The van der Waals surface area contributed by atoms with E-state index in [2.05, 4.69) is 20.9 Å². The van der Waals surface area contributed by atoms with Gasteiger partial charge in [0.1, 0.15) is 6.04 Å². The molecule has 24 heavy (non-hydrogen) atoms. The summed E-state index contributed by atoms with van der Waals surface area (Å²) in [6.45, 7) is 2.89. The Morgan fingerprint density at radius 3 is 2.38 bits per heavy atom. The Hall–Kier alpha value is -1.63. The molecule has 1 aliphatic carbocycles. The predicted octanol–water partition coefficient (Wildman–Crippen LogP) is 0.889. The van der Waals surface area contributed by atoms with Crippen LogP contribution in [0.4, 0.5) is 4.79 Å². The van der Waals surface area contributed by atoms with Gasteiger partial charge in [-0.25, -0.2) is 4.79 Å². The number of carbonyl (C=O) groups is 3. The largest absolute Gasteiger partial charge is 0.354 e. The summed E-state index contributed by atoms with van der Waals surface area (Å²) in [5.74, 6) is -0.585. The zero-order valence-corrected chi connectivity index (χ0v) is 14.2. The molecule has 0 aromatic carbocycles. The first-order chi connectivity index (χ1) is 11.6. The van der Waals surface area contributed by atoms with Gasteiger partial charge in [-0.15, -0.1) is 0 Å². The van der Waals surface area contributed by atoms with E-state index in [4.69, 9.17) is 0 Å². The molecule has 3 aliphatic rings. The second-order valence-electron chi connectivity index (χ2n) is 7.33. The standard InChI is InChI=1S/C17H28N4O3/c22-14(11-13-15(23)20-16(24)19-13)18-12-17(7-3-1-4-8-17)21-9-5-2-6-10-21/h13H,1-12H2,(H,18,22)(H2,19,20,23,24)/t13-/m0/s1. The van der Waals surface area contributed by atoms with Crippen LogP contribution in [0.25, 0.3) is 0 Å². The number of nitrogens with one attached hydrogen (secondary N) is 3. The SMILES string of the molecule is O=C(C[C@@H]1NC(=O)NC1=O)NCC1(N2CCCCC2)CCCCC1. The average molecular weight is 336 g/mol. The minimum atomic E-state index is -0.741. The van der Waals surface area contributed by atoms with Gasteiger partial charge in [0, 0.05) is 12.1 Å². The lowest BCUT2D eigenvalue weighted by atomic mass is 9.79. The normalized spacial score (nSPS) is 27.4. The van der Waals surface area contributed by atoms with Crippen molar-refractivity contribution in [2.24, 2.45) is 0 Å². The third-order valence-corrected chi connectivity index (χ3v) is 5.67. The Balaban J connectivity index is 1.56. The van der Waals surface area contributed by atoms with Crippen molar-refractivity contribution in [3.05, 3.63) is 0 Å². The number of nitrogens with zero attached hydrogens (tertiary/aromatic N) is 1. The highest BCUT2D eigenvalue weighted by Gasteiger charge is 2.39. The van der Waals surface area contributed by atoms with Crippen LogP contribution in [0.5, 0.6) is 0 Å². The van der Waals surface area contributed by atoms with E-state index < -0.39 is 18.0 Å². The van der Waals surface area contributed by atoms with Crippen LogP contribution in [0.15, 0.2) is 0 Å². The zero-order valence-electron chi connectivity index (χ0n) is 14.2. The first kappa shape index (κ1) is 17.2. The summed E-state index contributed by atoms with van der Waals surface area (Å²) in [5, 5.41) is 7.68. The van der Waals surface area contributed by atoms with Gasteiger partial charge in [0.2, 0.25) is 5.91 Å². The molecule has 4 amide bonds. The minimum absolute atomic E-state index is 0.00759. The van der Waals surface area contributed by atoms with E-state index in [1.807, 2.05) is 0 Å². The Labute approximate surface area is 142 Å². The average Bonchev–Trinajstić information content (AvgIpc) is 2.92. The summed E-state index contributed by atoms with van der Waals surface area (Å²) in [5.41, 5.74) is 0.0789. The van der Waals surface area contributed by atoms with Crippen LogP contribution in [0.3, 0.4) is 0 Å². The Bertz CT molecular complexity index is 496. The van der Waals surface area contributed by atoms with Gasteiger partial charge in [-0.1, -0.05) is 25.7 Å². The fourth-order valence-corrected chi connectivity index (χ4v) is 4.31. The molecule has 2 aliphatic heterocycles. The molecule has 7 heteroatoms. The van der Waals surface area contributed by atoms with E-state index >= 15 is 0 Å². The first-order valence-corrected chi connectivity index (χ1v) is 9.22. The summed E-state index contributed by atoms with van der Waals surface area (Å²) in [7, 11) is 0. The smallest absolute Gasteiger partial charge is 0.322 e. The van der Waals surface area contributed by atoms with Crippen molar-refractivity contribution >= 4 is 17.8 Å². The number of likely N-dealkylation sites (tertiary alicyclic amines) is 1. The van der Waals surface area contributed by atoms with Gasteiger partial charge in [-0.3, -0.25) is 19.8 Å². The number of hydrogen-bond acceptors (Lipinski definition) is 4. The molecule has 3 N–H and O–H groups in total. The molecule has 0 aromatic rings. The van der Waals surface area contributed by atoms with Gasteiger partial charge >= 0.3 is 6.03 Å². The fraction of sp³-hybridized carbons (Fsp3) is 0.824. The molecule has 7 nitrogen and oxygen atoms in total. The molecule has 0 aromatic heterocycles. The highest BCUT2D eigenvalue weighted by Crippen LogP contribution is 2.35. The molecule has 2 heterocycles. The third kappa shape index (κ3) is 3.88. The molecule has 3 fully saturated rings. The number of amides is 4. The minimum Gasteiger partial charge on any atom is -0.354 e. The molecule has 1 saturated carbocycles. The van der Waals surface area contributed by atoms with Crippen LogP contribution < -0.4 is 16.0 Å². The molecule has 3 rings (SSSR count). The first-order valence-electron chi connectivity index (χ1n) is 9.22. The maximum atomic E-state index is 12.3. The summed E-state index contributed by atoms with van der Waals surface area (Å²) < 4.78 is 0. The Morgan fingerprint density at radius 1 is 1.08 bits per heavy atom. The van der Waals surface area contributed by atoms with Gasteiger partial charge < -0.3 is 10.6 Å². The third-order valence-electron chi connectivity index (χ3n) is 5.67. The number of imide groups is 1. The number of rotatable bonds is 5. The van der Waals surface area contributed by atoms with Crippen molar-refractivity contribution in [1.82, 2.24) is 20.9 Å². The summed E-state index contributed by atoms with van der Waals surface area (Å²) in [4.78, 5) is 37.5. The zero-order chi connectivity index (χ0) is 17.0. The van der Waals surface area contributed by atoms with Gasteiger partial charge in [0.15, 0.2) is 0 Å². The number of urea groups is 1. The molecule has 2 saturated heterocycles. The predicted molar refractivity (Wildman–Crippen MR) is 89.3 cm³/mol. The summed E-state index contributed by atoms with van der Waals surface area (Å²) >= 11 is 0. The second-order valence-corrected chi connectivity index (χ2v) is 7.33. The van der Waals surface area contributed by atoms with Gasteiger partial charge in [-0.05, 0) is 38.8 Å². The maximum Gasteiger partial charge on any atom is 0.322 e. The number of piperidine rings is 1. The van der Waals surface area contributed by atoms with Crippen LogP contribution in [-0.4, -0.2) is 54.0 Å². The van der Waals surface area contributed by atoms with Gasteiger partial charge in [0.05, 0.1) is 6.42 Å². The van der Waals surface area contributed by atoms with Crippen molar-refractivity contribution in [3.63, 3.8) is 0 Å². The van der Waals surface area contributed by atoms with Crippen molar-refractivity contribution in [1.29, 1.82) is 0 Å². The summed E-state index contributed by atoms with van der Waals surface area (Å²) in [6, 6.07) is -1.26. The highest BCUT2D eigenvalue weighted by molar-refractivity contribution is 6.05. The van der Waals surface area contributed by atoms with Crippen LogP contribution in [0.2, 0.25) is 0 Å². The quantitative estimate of drug-likeness (QED) is 0.650. The lowest BCUT2D eigenvalue weighted by molar-refractivity contribution is -0.127. The topological polar surface area (TPSA) is 90.5 Å². The molecular formula is C17H28N4O3. The van der Waals surface area contributed by atoms with Crippen molar-refractivity contribution < 1.29 is 14.4 Å². The lowest BCUT2D eigenvalue weighted by Gasteiger charge is -2.48. The maximum absolute atomic E-state index is 12.3. The van der Waals surface area contributed by atoms with Gasteiger partial charge in [-0.2, -0.15) is 0 Å².